The van der Waals surface area contributed by atoms with E-state index in [4.69, 9.17) is 0 Å². The Morgan fingerprint density at radius 1 is 1.32 bits per heavy atom. The summed E-state index contributed by atoms with van der Waals surface area (Å²) >= 11 is 1.55. The topological polar surface area (TPSA) is 63.4 Å². The van der Waals surface area contributed by atoms with Crippen LogP contribution >= 0.6 is 11.3 Å². The lowest BCUT2D eigenvalue weighted by atomic mass is 10.0. The monoisotopic (exact) mass is 277 g/mol. The maximum Gasteiger partial charge on any atom is 0.269 e. The van der Waals surface area contributed by atoms with Crippen LogP contribution in [0.2, 0.25) is 0 Å². The molecule has 1 unspecified atom stereocenters. The zero-order valence-electron chi connectivity index (χ0n) is 10.6. The third kappa shape index (κ3) is 3.19. The molecule has 19 heavy (non-hydrogen) atoms. The molecule has 2 rings (SSSR count). The van der Waals surface area contributed by atoms with Crippen molar-refractivity contribution < 1.29 is 10.0 Å². The molecule has 1 heterocycles. The van der Waals surface area contributed by atoms with Crippen LogP contribution in [-0.2, 0) is 12.8 Å². The smallest absolute Gasteiger partial charge is 0.269 e. The molecule has 0 aliphatic rings. The number of rotatable bonds is 5. The van der Waals surface area contributed by atoms with Crippen LogP contribution in [0.15, 0.2) is 35.7 Å². The number of nitro benzene ring substituents is 1. The van der Waals surface area contributed by atoms with Gasteiger partial charge in [-0.15, -0.1) is 11.3 Å². The quantitative estimate of drug-likeness (QED) is 0.672. The number of hydrogen-bond donors (Lipinski definition) is 1. The molecular formula is C14H15NO3S. The van der Waals surface area contributed by atoms with Crippen LogP contribution in [0.25, 0.3) is 0 Å². The van der Waals surface area contributed by atoms with Crippen LogP contribution in [-0.4, -0.2) is 10.0 Å². The highest BCUT2D eigenvalue weighted by Crippen LogP contribution is 2.28. The van der Waals surface area contributed by atoms with E-state index in [1.807, 2.05) is 11.4 Å². The number of aliphatic hydroxyl groups is 1. The molecule has 1 N–H and O–H groups in total. The predicted molar refractivity (Wildman–Crippen MR) is 75.5 cm³/mol. The zero-order chi connectivity index (χ0) is 13.8. The number of aliphatic hydroxyl groups excluding tert-OH is 1. The SMILES string of the molecule is CCc1ccsc1C(O)Cc1ccc([N+](=O)[O-])cc1. The molecule has 5 heteroatoms. The second-order valence-electron chi connectivity index (χ2n) is 4.31. The Balaban J connectivity index is 2.10. The van der Waals surface area contributed by atoms with Gasteiger partial charge in [-0.3, -0.25) is 10.1 Å². The van der Waals surface area contributed by atoms with Crippen molar-refractivity contribution in [3.8, 4) is 0 Å². The molecule has 0 fully saturated rings. The van der Waals surface area contributed by atoms with Crippen LogP contribution in [0.4, 0.5) is 5.69 Å². The summed E-state index contributed by atoms with van der Waals surface area (Å²) in [6.45, 7) is 2.06. The number of non-ortho nitro benzene ring substituents is 1. The highest BCUT2D eigenvalue weighted by atomic mass is 32.1. The summed E-state index contributed by atoms with van der Waals surface area (Å²) in [5, 5.41) is 22.8. The molecule has 0 radical (unpaired) electrons. The Morgan fingerprint density at radius 2 is 2.00 bits per heavy atom. The van der Waals surface area contributed by atoms with Gasteiger partial charge in [0.05, 0.1) is 11.0 Å². The molecule has 0 amide bonds. The third-order valence-corrected chi connectivity index (χ3v) is 4.10. The molecule has 100 valence electrons. The van der Waals surface area contributed by atoms with E-state index in [2.05, 4.69) is 6.92 Å². The lowest BCUT2D eigenvalue weighted by molar-refractivity contribution is -0.384. The molecule has 1 aromatic carbocycles. The Morgan fingerprint density at radius 3 is 2.58 bits per heavy atom. The number of nitrogens with zero attached hydrogens (tertiary/aromatic N) is 1. The number of benzene rings is 1. The first-order valence-electron chi connectivity index (χ1n) is 6.09. The summed E-state index contributed by atoms with van der Waals surface area (Å²) in [4.78, 5) is 11.1. The largest absolute Gasteiger partial charge is 0.387 e. The van der Waals surface area contributed by atoms with Crippen molar-refractivity contribution in [3.05, 3.63) is 61.8 Å². The Bertz CT molecular complexity index is 562. The van der Waals surface area contributed by atoms with Crippen molar-refractivity contribution in [2.75, 3.05) is 0 Å². The molecule has 0 saturated heterocycles. The van der Waals surface area contributed by atoms with E-state index in [0.717, 1.165) is 16.9 Å². The second-order valence-corrected chi connectivity index (χ2v) is 5.25. The highest BCUT2D eigenvalue weighted by molar-refractivity contribution is 7.10. The minimum absolute atomic E-state index is 0.0728. The van der Waals surface area contributed by atoms with Gasteiger partial charge >= 0.3 is 0 Å². The first-order chi connectivity index (χ1) is 9.11. The Hall–Kier alpha value is -1.72. The first-order valence-corrected chi connectivity index (χ1v) is 6.97. The summed E-state index contributed by atoms with van der Waals surface area (Å²) in [5.41, 5.74) is 2.14. The summed E-state index contributed by atoms with van der Waals surface area (Å²) in [7, 11) is 0. The van der Waals surface area contributed by atoms with Crippen molar-refractivity contribution in [1.29, 1.82) is 0 Å². The van der Waals surface area contributed by atoms with Crippen molar-refractivity contribution >= 4 is 17.0 Å². The van der Waals surface area contributed by atoms with Crippen LogP contribution < -0.4 is 0 Å². The van der Waals surface area contributed by atoms with E-state index < -0.39 is 11.0 Å². The van der Waals surface area contributed by atoms with E-state index in [1.165, 1.54) is 17.7 Å². The summed E-state index contributed by atoms with van der Waals surface area (Å²) < 4.78 is 0. The van der Waals surface area contributed by atoms with E-state index in [1.54, 1.807) is 23.5 Å². The van der Waals surface area contributed by atoms with Gasteiger partial charge in [-0.1, -0.05) is 19.1 Å². The lowest BCUT2D eigenvalue weighted by Gasteiger charge is -2.11. The van der Waals surface area contributed by atoms with Crippen LogP contribution in [0.3, 0.4) is 0 Å². The van der Waals surface area contributed by atoms with E-state index >= 15 is 0 Å². The number of aryl methyl sites for hydroxylation is 1. The average Bonchev–Trinajstić information content (AvgIpc) is 2.87. The van der Waals surface area contributed by atoms with Gasteiger partial charge in [0.1, 0.15) is 0 Å². The molecule has 2 aromatic rings. The van der Waals surface area contributed by atoms with Crippen molar-refractivity contribution in [2.24, 2.45) is 0 Å². The minimum Gasteiger partial charge on any atom is -0.387 e. The summed E-state index contributed by atoms with van der Waals surface area (Å²) in [5.74, 6) is 0. The van der Waals surface area contributed by atoms with Gasteiger partial charge < -0.3 is 5.11 Å². The molecular weight excluding hydrogens is 262 g/mol. The van der Waals surface area contributed by atoms with E-state index in [0.29, 0.717) is 6.42 Å². The van der Waals surface area contributed by atoms with Crippen LogP contribution in [0.1, 0.15) is 29.0 Å². The summed E-state index contributed by atoms with van der Waals surface area (Å²) in [6.07, 6.45) is 0.832. The fourth-order valence-electron chi connectivity index (χ4n) is 2.00. The average molecular weight is 277 g/mol. The van der Waals surface area contributed by atoms with Gasteiger partial charge in [0.25, 0.3) is 5.69 Å². The molecule has 1 atom stereocenters. The minimum atomic E-state index is -0.545. The van der Waals surface area contributed by atoms with Gasteiger partial charge in [-0.05, 0) is 29.0 Å². The molecule has 1 aromatic heterocycles. The third-order valence-electron chi connectivity index (χ3n) is 3.04. The van der Waals surface area contributed by atoms with Gasteiger partial charge in [-0.25, -0.2) is 0 Å². The molecule has 0 aliphatic heterocycles. The first kappa shape index (κ1) is 13.7. The van der Waals surface area contributed by atoms with Gasteiger partial charge in [0, 0.05) is 23.4 Å². The second kappa shape index (κ2) is 5.95. The number of nitro groups is 1. The fourth-order valence-corrected chi connectivity index (χ4v) is 2.98. The van der Waals surface area contributed by atoms with E-state index in [-0.39, 0.29) is 5.69 Å². The number of thiophene rings is 1. The predicted octanol–water partition coefficient (Wildman–Crippen LogP) is 3.49. The lowest BCUT2D eigenvalue weighted by Crippen LogP contribution is -2.02. The van der Waals surface area contributed by atoms with Crippen molar-refractivity contribution in [3.63, 3.8) is 0 Å². The Kier molecular flexibility index (Phi) is 4.29. The van der Waals surface area contributed by atoms with Crippen LogP contribution in [0.5, 0.6) is 0 Å². The number of hydrogen-bond acceptors (Lipinski definition) is 4. The van der Waals surface area contributed by atoms with Gasteiger partial charge in [-0.2, -0.15) is 0 Å². The zero-order valence-corrected chi connectivity index (χ0v) is 11.4. The maximum atomic E-state index is 10.6. The normalized spacial score (nSPS) is 12.3. The molecule has 0 aliphatic carbocycles. The highest BCUT2D eigenvalue weighted by Gasteiger charge is 2.14. The Labute approximate surface area is 115 Å². The molecule has 0 spiro atoms. The maximum absolute atomic E-state index is 10.6. The molecule has 0 saturated carbocycles. The van der Waals surface area contributed by atoms with Gasteiger partial charge in [0.2, 0.25) is 0 Å². The van der Waals surface area contributed by atoms with Crippen molar-refractivity contribution in [2.45, 2.75) is 25.9 Å². The van der Waals surface area contributed by atoms with Crippen molar-refractivity contribution in [1.82, 2.24) is 0 Å². The van der Waals surface area contributed by atoms with Crippen LogP contribution in [0, 0.1) is 10.1 Å². The standard InChI is InChI=1S/C14H15NO3S/c1-2-11-7-8-19-14(11)13(16)9-10-3-5-12(6-4-10)15(17)18/h3-8,13,16H,2,9H2,1H3. The van der Waals surface area contributed by atoms with Gasteiger partial charge in [0.15, 0.2) is 0 Å². The fraction of sp³-hybridized carbons (Fsp3) is 0.286. The van der Waals surface area contributed by atoms with E-state index in [9.17, 15) is 15.2 Å². The molecule has 0 bridgehead atoms. The summed E-state index contributed by atoms with van der Waals surface area (Å²) in [6, 6.07) is 8.36. The molecule has 4 nitrogen and oxygen atoms in total.